The zero-order chi connectivity index (χ0) is 22.7. The molecule has 2 aromatic heterocycles. The quantitative estimate of drug-likeness (QED) is 0.548. The minimum absolute atomic E-state index is 0.0220. The molecular weight excluding hydrogens is 418 g/mol. The number of alkyl halides is 2. The summed E-state index contributed by atoms with van der Waals surface area (Å²) in [5, 5.41) is 4.05. The van der Waals surface area contributed by atoms with Crippen LogP contribution >= 0.6 is 0 Å². The molecule has 32 heavy (non-hydrogen) atoms. The van der Waals surface area contributed by atoms with Gasteiger partial charge in [-0.05, 0) is 43.5 Å². The molecule has 0 saturated carbocycles. The van der Waals surface area contributed by atoms with E-state index in [2.05, 4.69) is 10.1 Å². The summed E-state index contributed by atoms with van der Waals surface area (Å²) < 4.78 is 38.7. The number of nitrogens with zero attached hydrogens (tertiary/aromatic N) is 4. The van der Waals surface area contributed by atoms with Crippen LogP contribution in [0.1, 0.15) is 53.8 Å². The Hall–Kier alpha value is -3.23. The van der Waals surface area contributed by atoms with Crippen LogP contribution in [0.2, 0.25) is 0 Å². The molecule has 0 aliphatic carbocycles. The van der Waals surface area contributed by atoms with Gasteiger partial charge >= 0.3 is 0 Å². The maximum Gasteiger partial charge on any atom is 0.280 e. The first-order chi connectivity index (χ1) is 15.4. The van der Waals surface area contributed by atoms with Gasteiger partial charge in [0.15, 0.2) is 5.89 Å². The van der Waals surface area contributed by atoms with Crippen molar-refractivity contribution in [3.05, 3.63) is 65.1 Å². The number of methoxy groups -OCH3 is 1. The first kappa shape index (κ1) is 22.0. The third-order valence-corrected chi connectivity index (χ3v) is 5.67. The molecule has 0 radical (unpaired) electrons. The highest BCUT2D eigenvalue weighted by atomic mass is 19.3. The molecule has 7 nitrogen and oxygen atoms in total. The Bertz CT molecular complexity index is 1060. The van der Waals surface area contributed by atoms with Crippen LogP contribution < -0.4 is 4.74 Å². The van der Waals surface area contributed by atoms with Gasteiger partial charge in [-0.15, -0.1) is 0 Å². The van der Waals surface area contributed by atoms with Gasteiger partial charge < -0.3 is 14.1 Å². The Labute approximate surface area is 185 Å². The van der Waals surface area contributed by atoms with Crippen LogP contribution in [0, 0.1) is 6.92 Å². The molecule has 170 valence electrons. The molecule has 3 heterocycles. The van der Waals surface area contributed by atoms with Crippen LogP contribution in [0.5, 0.6) is 5.75 Å². The fourth-order valence-corrected chi connectivity index (χ4v) is 4.04. The second kappa shape index (κ2) is 9.50. The predicted octanol–water partition coefficient (Wildman–Crippen LogP) is 4.12. The Morgan fingerprint density at radius 2 is 2.09 bits per heavy atom. The minimum Gasteiger partial charge on any atom is -0.497 e. The van der Waals surface area contributed by atoms with E-state index in [1.165, 1.54) is 6.07 Å². The Balaban J connectivity index is 1.39. The Morgan fingerprint density at radius 3 is 2.81 bits per heavy atom. The van der Waals surface area contributed by atoms with E-state index in [1.807, 2.05) is 24.3 Å². The summed E-state index contributed by atoms with van der Waals surface area (Å²) in [6.07, 6.45) is 1.32. The summed E-state index contributed by atoms with van der Waals surface area (Å²) >= 11 is 0. The molecule has 9 heteroatoms. The number of oxazole rings is 1. The second-order valence-electron chi connectivity index (χ2n) is 8.04. The standard InChI is InChI=1S/C23H26F2N4O3/c1-15-10-20(22(24)25)29(27-15)14-21(30)28-9-3-4-17(13-28)23-26-12-19(32-23)11-16-5-7-18(31-2)8-6-16/h5-8,10,12,17,22H,3-4,9,11,13-14H2,1-2H3. The van der Waals surface area contributed by atoms with Crippen molar-refractivity contribution >= 4 is 5.91 Å². The van der Waals surface area contributed by atoms with Crippen LogP contribution in [-0.2, 0) is 17.8 Å². The number of piperidine rings is 1. The van der Waals surface area contributed by atoms with Gasteiger partial charge in [-0.3, -0.25) is 9.48 Å². The van der Waals surface area contributed by atoms with Gasteiger partial charge in [0.05, 0.1) is 24.9 Å². The molecule has 1 atom stereocenters. The number of aryl methyl sites for hydroxylation is 1. The third kappa shape index (κ3) is 4.98. The highest BCUT2D eigenvalue weighted by Gasteiger charge is 2.29. The number of halogens is 2. The van der Waals surface area contributed by atoms with Crippen LogP contribution in [0.15, 0.2) is 40.9 Å². The third-order valence-electron chi connectivity index (χ3n) is 5.67. The van der Waals surface area contributed by atoms with Gasteiger partial charge in [0.1, 0.15) is 23.7 Å². The van der Waals surface area contributed by atoms with Crippen LogP contribution in [0.3, 0.4) is 0 Å². The molecule has 3 aromatic rings. The molecule has 1 unspecified atom stereocenters. The van der Waals surface area contributed by atoms with Gasteiger partial charge in [-0.2, -0.15) is 5.10 Å². The average molecular weight is 444 g/mol. The largest absolute Gasteiger partial charge is 0.497 e. The van der Waals surface area contributed by atoms with E-state index in [4.69, 9.17) is 9.15 Å². The van der Waals surface area contributed by atoms with Crippen molar-refractivity contribution in [3.8, 4) is 5.75 Å². The molecule has 1 aromatic carbocycles. The number of carbonyl (C=O) groups is 1. The minimum atomic E-state index is -2.67. The lowest BCUT2D eigenvalue weighted by Crippen LogP contribution is -2.41. The number of aromatic nitrogens is 3. The summed E-state index contributed by atoms with van der Waals surface area (Å²) in [5.41, 5.74) is 1.31. The van der Waals surface area contributed by atoms with Crippen LogP contribution in [0.25, 0.3) is 0 Å². The number of hydrogen-bond donors (Lipinski definition) is 0. The van der Waals surface area contributed by atoms with Crippen molar-refractivity contribution in [2.45, 2.75) is 45.1 Å². The topological polar surface area (TPSA) is 73.4 Å². The van der Waals surface area contributed by atoms with Crippen LogP contribution in [0.4, 0.5) is 8.78 Å². The second-order valence-corrected chi connectivity index (χ2v) is 8.04. The van der Waals surface area contributed by atoms with Crippen molar-refractivity contribution in [3.63, 3.8) is 0 Å². The van der Waals surface area contributed by atoms with E-state index in [0.29, 0.717) is 31.1 Å². The smallest absolute Gasteiger partial charge is 0.280 e. The van der Waals surface area contributed by atoms with E-state index < -0.39 is 6.43 Å². The van der Waals surface area contributed by atoms with E-state index in [0.717, 1.165) is 34.6 Å². The highest BCUT2D eigenvalue weighted by molar-refractivity contribution is 5.76. The molecule has 4 rings (SSSR count). The molecule has 0 spiro atoms. The lowest BCUT2D eigenvalue weighted by atomic mass is 9.98. The predicted molar refractivity (Wildman–Crippen MR) is 113 cm³/mol. The van der Waals surface area contributed by atoms with E-state index in [-0.39, 0.29) is 24.1 Å². The molecule has 1 saturated heterocycles. The van der Waals surface area contributed by atoms with E-state index >= 15 is 0 Å². The van der Waals surface area contributed by atoms with Gasteiger partial charge in [0.25, 0.3) is 6.43 Å². The molecule has 1 fully saturated rings. The first-order valence-electron chi connectivity index (χ1n) is 10.6. The number of likely N-dealkylation sites (tertiary alicyclic amines) is 1. The number of benzene rings is 1. The lowest BCUT2D eigenvalue weighted by molar-refractivity contribution is -0.133. The van der Waals surface area contributed by atoms with Crippen molar-refractivity contribution in [1.29, 1.82) is 0 Å². The number of carbonyl (C=O) groups excluding carboxylic acids is 1. The summed E-state index contributed by atoms with van der Waals surface area (Å²) in [4.78, 5) is 18.9. The fourth-order valence-electron chi connectivity index (χ4n) is 4.04. The summed E-state index contributed by atoms with van der Waals surface area (Å²) in [5.74, 6) is 1.90. The Kier molecular flexibility index (Phi) is 6.53. The van der Waals surface area contributed by atoms with Crippen molar-refractivity contribution in [2.24, 2.45) is 0 Å². The summed E-state index contributed by atoms with van der Waals surface area (Å²) in [7, 11) is 1.63. The average Bonchev–Trinajstić information content (AvgIpc) is 3.41. The zero-order valence-corrected chi connectivity index (χ0v) is 18.1. The molecule has 1 amide bonds. The summed E-state index contributed by atoms with van der Waals surface area (Å²) in [6.45, 7) is 2.47. The van der Waals surface area contributed by atoms with Crippen LogP contribution in [-0.4, -0.2) is 45.8 Å². The highest BCUT2D eigenvalue weighted by Crippen LogP contribution is 2.28. The number of amides is 1. The monoisotopic (exact) mass is 444 g/mol. The SMILES string of the molecule is COc1ccc(Cc2cnc(C3CCCN(C(=O)Cn4nc(C)cc4C(F)F)C3)o2)cc1. The first-order valence-corrected chi connectivity index (χ1v) is 10.6. The van der Waals surface area contributed by atoms with Gasteiger partial charge in [0.2, 0.25) is 5.91 Å². The lowest BCUT2D eigenvalue weighted by Gasteiger charge is -2.31. The van der Waals surface area contributed by atoms with E-state index in [1.54, 1.807) is 25.1 Å². The fraction of sp³-hybridized carbons (Fsp3) is 0.435. The van der Waals surface area contributed by atoms with Gasteiger partial charge in [-0.25, -0.2) is 13.8 Å². The van der Waals surface area contributed by atoms with Crippen molar-refractivity contribution in [1.82, 2.24) is 19.7 Å². The zero-order valence-electron chi connectivity index (χ0n) is 18.1. The maximum absolute atomic E-state index is 13.2. The molecule has 1 aliphatic heterocycles. The van der Waals surface area contributed by atoms with Gasteiger partial charge in [0, 0.05) is 19.5 Å². The molecular formula is C23H26F2N4O3. The van der Waals surface area contributed by atoms with Crippen molar-refractivity contribution < 1.29 is 22.7 Å². The molecule has 0 N–H and O–H groups in total. The van der Waals surface area contributed by atoms with E-state index in [9.17, 15) is 13.6 Å². The molecule has 1 aliphatic rings. The number of ether oxygens (including phenoxy) is 1. The molecule has 0 bridgehead atoms. The number of hydrogen-bond acceptors (Lipinski definition) is 5. The maximum atomic E-state index is 13.2. The summed E-state index contributed by atoms with van der Waals surface area (Å²) in [6, 6.07) is 9.07. The van der Waals surface area contributed by atoms with Gasteiger partial charge in [-0.1, -0.05) is 12.1 Å². The van der Waals surface area contributed by atoms with Crippen molar-refractivity contribution in [2.75, 3.05) is 20.2 Å². The normalized spacial score (nSPS) is 16.5. The Morgan fingerprint density at radius 1 is 1.31 bits per heavy atom. The number of rotatable bonds is 7.